The molecule has 0 aromatic rings. The third kappa shape index (κ3) is 4.84. The summed E-state index contributed by atoms with van der Waals surface area (Å²) in [4.78, 5) is 6.86. The van der Waals surface area contributed by atoms with E-state index in [0.717, 1.165) is 31.5 Å². The van der Waals surface area contributed by atoms with Crippen molar-refractivity contribution < 1.29 is 0 Å². The smallest absolute Gasteiger partial charge is 0.191 e. The Balaban J connectivity index is 0.00000180. The molecule has 0 spiro atoms. The van der Waals surface area contributed by atoms with Crippen molar-refractivity contribution in [1.82, 2.24) is 15.5 Å². The fourth-order valence-electron chi connectivity index (χ4n) is 2.55. The summed E-state index contributed by atoms with van der Waals surface area (Å²) in [5.41, 5.74) is 0. The van der Waals surface area contributed by atoms with Gasteiger partial charge in [0.2, 0.25) is 0 Å². The lowest BCUT2D eigenvalue weighted by Crippen LogP contribution is -2.46. The van der Waals surface area contributed by atoms with Crippen LogP contribution in [0.1, 0.15) is 26.2 Å². The number of terminal acetylenes is 1. The molecule has 2 aliphatic rings. The molecule has 0 aromatic carbocycles. The van der Waals surface area contributed by atoms with E-state index in [1.165, 1.54) is 19.4 Å². The largest absolute Gasteiger partial charge is 0.355 e. The van der Waals surface area contributed by atoms with Gasteiger partial charge < -0.3 is 10.6 Å². The maximum absolute atomic E-state index is 5.24. The average Bonchev–Trinajstić information content (AvgIpc) is 3.14. The molecule has 2 unspecified atom stereocenters. The highest BCUT2D eigenvalue weighted by atomic mass is 127. The molecule has 4 nitrogen and oxygen atoms in total. The van der Waals surface area contributed by atoms with E-state index in [1.807, 2.05) is 7.05 Å². The highest BCUT2D eigenvalue weighted by molar-refractivity contribution is 14.0. The number of aliphatic imine (C=N–C) groups is 1. The Labute approximate surface area is 133 Å². The summed E-state index contributed by atoms with van der Waals surface area (Å²) in [5, 5.41) is 6.77. The second-order valence-corrected chi connectivity index (χ2v) is 5.37. The van der Waals surface area contributed by atoms with Gasteiger partial charge in [-0.05, 0) is 18.8 Å². The molecule has 2 atom stereocenters. The van der Waals surface area contributed by atoms with Gasteiger partial charge >= 0.3 is 0 Å². The standard InChI is InChI=1S/C14H24N4.HI/c1-4-5-8-16-14(15-3)17-13-10-18(9-11(13)2)12-6-7-12;/h1,11-13H,5-10H2,2-3H3,(H2,15,16,17);1H. The van der Waals surface area contributed by atoms with E-state index in [4.69, 9.17) is 6.42 Å². The molecule has 108 valence electrons. The van der Waals surface area contributed by atoms with Gasteiger partial charge in [-0.2, -0.15) is 0 Å². The summed E-state index contributed by atoms with van der Waals surface area (Å²) in [6.07, 6.45) is 8.74. The van der Waals surface area contributed by atoms with Crippen molar-refractivity contribution in [2.75, 3.05) is 26.7 Å². The van der Waals surface area contributed by atoms with Crippen LogP contribution in [0.4, 0.5) is 0 Å². The van der Waals surface area contributed by atoms with Gasteiger partial charge in [-0.15, -0.1) is 36.3 Å². The number of likely N-dealkylation sites (tertiary alicyclic amines) is 1. The number of rotatable bonds is 4. The van der Waals surface area contributed by atoms with Crippen molar-refractivity contribution in [3.63, 3.8) is 0 Å². The summed E-state index contributed by atoms with van der Waals surface area (Å²) in [6, 6.07) is 1.36. The minimum absolute atomic E-state index is 0. The Kier molecular flexibility index (Phi) is 6.94. The Morgan fingerprint density at radius 2 is 2.16 bits per heavy atom. The van der Waals surface area contributed by atoms with Crippen LogP contribution in [-0.2, 0) is 0 Å². The van der Waals surface area contributed by atoms with Crippen LogP contribution in [0.5, 0.6) is 0 Å². The first-order valence-electron chi connectivity index (χ1n) is 6.89. The zero-order valence-corrected chi connectivity index (χ0v) is 14.2. The molecule has 5 heteroatoms. The molecule has 0 aromatic heterocycles. The SMILES string of the molecule is C#CCCNC(=NC)NC1CN(C2CC2)CC1C.I. The van der Waals surface area contributed by atoms with Crippen LogP contribution in [0.2, 0.25) is 0 Å². The van der Waals surface area contributed by atoms with E-state index in [9.17, 15) is 0 Å². The molecule has 0 radical (unpaired) electrons. The van der Waals surface area contributed by atoms with E-state index < -0.39 is 0 Å². The van der Waals surface area contributed by atoms with Crippen LogP contribution in [0, 0.1) is 18.3 Å². The van der Waals surface area contributed by atoms with E-state index >= 15 is 0 Å². The zero-order valence-electron chi connectivity index (χ0n) is 11.9. The number of hydrogen-bond acceptors (Lipinski definition) is 2. The van der Waals surface area contributed by atoms with Crippen LogP contribution < -0.4 is 10.6 Å². The molecule has 2 rings (SSSR count). The van der Waals surface area contributed by atoms with Crippen LogP contribution in [0.25, 0.3) is 0 Å². The highest BCUT2D eigenvalue weighted by Crippen LogP contribution is 2.31. The van der Waals surface area contributed by atoms with Gasteiger partial charge in [0, 0.05) is 45.2 Å². The Bertz CT molecular complexity index is 346. The van der Waals surface area contributed by atoms with Crippen molar-refractivity contribution in [1.29, 1.82) is 0 Å². The number of halogens is 1. The van der Waals surface area contributed by atoms with E-state index in [2.05, 4.69) is 33.4 Å². The molecule has 0 bridgehead atoms. The van der Waals surface area contributed by atoms with Gasteiger partial charge in [0.25, 0.3) is 0 Å². The molecule has 0 amide bonds. The van der Waals surface area contributed by atoms with Crippen LogP contribution in [0.15, 0.2) is 4.99 Å². The van der Waals surface area contributed by atoms with Crippen LogP contribution >= 0.6 is 24.0 Å². The minimum Gasteiger partial charge on any atom is -0.355 e. The first kappa shape index (κ1) is 16.6. The summed E-state index contributed by atoms with van der Waals surface area (Å²) in [6.45, 7) is 5.45. The number of nitrogens with zero attached hydrogens (tertiary/aromatic N) is 2. The molecular weight excluding hydrogens is 351 g/mol. The molecule has 19 heavy (non-hydrogen) atoms. The third-order valence-corrected chi connectivity index (χ3v) is 3.81. The maximum Gasteiger partial charge on any atom is 0.191 e. The van der Waals surface area contributed by atoms with Gasteiger partial charge in [-0.3, -0.25) is 9.89 Å². The first-order chi connectivity index (χ1) is 8.74. The second-order valence-electron chi connectivity index (χ2n) is 5.37. The van der Waals surface area contributed by atoms with Crippen molar-refractivity contribution in [3.8, 4) is 12.3 Å². The van der Waals surface area contributed by atoms with Crippen LogP contribution in [-0.4, -0.2) is 49.6 Å². The zero-order chi connectivity index (χ0) is 13.0. The number of nitrogens with one attached hydrogen (secondary N) is 2. The van der Waals surface area contributed by atoms with Crippen LogP contribution in [0.3, 0.4) is 0 Å². The summed E-state index contributed by atoms with van der Waals surface area (Å²) in [5.74, 6) is 4.18. The number of hydrogen-bond donors (Lipinski definition) is 2. The molecule has 1 heterocycles. The fraction of sp³-hybridized carbons (Fsp3) is 0.786. The lowest BCUT2D eigenvalue weighted by Gasteiger charge is -2.20. The summed E-state index contributed by atoms with van der Waals surface area (Å²) < 4.78 is 0. The van der Waals surface area contributed by atoms with Crippen molar-refractivity contribution >= 4 is 29.9 Å². The topological polar surface area (TPSA) is 39.7 Å². The van der Waals surface area contributed by atoms with Crippen molar-refractivity contribution in [2.45, 2.75) is 38.3 Å². The van der Waals surface area contributed by atoms with Gasteiger partial charge in [0.1, 0.15) is 0 Å². The average molecular weight is 376 g/mol. The highest BCUT2D eigenvalue weighted by Gasteiger charge is 2.38. The van der Waals surface area contributed by atoms with Crippen molar-refractivity contribution in [2.24, 2.45) is 10.9 Å². The fourth-order valence-corrected chi connectivity index (χ4v) is 2.55. The summed E-state index contributed by atoms with van der Waals surface area (Å²) in [7, 11) is 1.81. The third-order valence-electron chi connectivity index (χ3n) is 3.81. The summed E-state index contributed by atoms with van der Waals surface area (Å²) >= 11 is 0. The monoisotopic (exact) mass is 376 g/mol. The molecule has 1 saturated carbocycles. The van der Waals surface area contributed by atoms with Gasteiger partial charge in [0.15, 0.2) is 5.96 Å². The molecule has 2 fully saturated rings. The van der Waals surface area contributed by atoms with Gasteiger partial charge in [0.05, 0.1) is 0 Å². The molecular formula is C14H25IN4. The molecule has 1 aliphatic carbocycles. The predicted molar refractivity (Wildman–Crippen MR) is 90.9 cm³/mol. The van der Waals surface area contributed by atoms with E-state index in [0.29, 0.717) is 12.0 Å². The van der Waals surface area contributed by atoms with Crippen molar-refractivity contribution in [3.05, 3.63) is 0 Å². The molecule has 2 N–H and O–H groups in total. The maximum atomic E-state index is 5.24. The Hall–Kier alpha value is -0.480. The molecule has 1 saturated heterocycles. The Morgan fingerprint density at radius 1 is 1.42 bits per heavy atom. The quantitative estimate of drug-likeness (QED) is 0.255. The number of guanidine groups is 1. The van der Waals surface area contributed by atoms with E-state index in [1.54, 1.807) is 0 Å². The second kappa shape index (κ2) is 7.95. The normalized spacial score (nSPS) is 27.5. The van der Waals surface area contributed by atoms with E-state index in [-0.39, 0.29) is 24.0 Å². The predicted octanol–water partition coefficient (Wildman–Crippen LogP) is 1.28. The lowest BCUT2D eigenvalue weighted by molar-refractivity contribution is 0.315. The minimum atomic E-state index is 0. The van der Waals surface area contributed by atoms with Gasteiger partial charge in [-0.1, -0.05) is 6.92 Å². The molecule has 1 aliphatic heterocycles. The lowest BCUT2D eigenvalue weighted by atomic mass is 10.1. The Morgan fingerprint density at radius 3 is 2.74 bits per heavy atom. The first-order valence-corrected chi connectivity index (χ1v) is 6.89. The van der Waals surface area contributed by atoms with Gasteiger partial charge in [-0.25, -0.2) is 0 Å².